The summed E-state index contributed by atoms with van der Waals surface area (Å²) in [5.74, 6) is 0. The van der Waals surface area contributed by atoms with E-state index < -0.39 is 0 Å². The minimum atomic E-state index is -0.0343. The molecule has 0 amide bonds. The largest absolute Gasteiger partial charge is 0.456 e. The zero-order chi connectivity index (χ0) is 33.0. The Morgan fingerprint density at radius 3 is 1.88 bits per heavy atom. The van der Waals surface area contributed by atoms with Crippen LogP contribution in [0, 0.1) is 0 Å². The van der Waals surface area contributed by atoms with E-state index in [-0.39, 0.29) is 10.8 Å². The zero-order valence-corrected chi connectivity index (χ0v) is 28.6. The van der Waals surface area contributed by atoms with Gasteiger partial charge in [-0.2, -0.15) is 0 Å². The standard InChI is InChI=1S/C47H43NO/c1-46(2)42-19-11-9-17-38(42)41-31-36(26-28-43(41)46)48(37-25-27-40-39-18-10-12-20-44(39)49-45(40)32-37)35-23-21-34(22-24-35)47(33-15-7-6-8-16-33)29-13-4-3-5-14-30-47/h6-12,15-28,31-32H,3-5,13-14,29-30H2,1-2H3. The van der Waals surface area contributed by atoms with Gasteiger partial charge in [-0.15, -0.1) is 0 Å². The molecule has 6 aromatic carbocycles. The number of para-hydroxylation sites is 1. The van der Waals surface area contributed by atoms with Crippen LogP contribution in [0.4, 0.5) is 17.1 Å². The SMILES string of the molecule is CC1(C)c2ccccc2-c2cc(N(c3ccc(C4(c5ccccc5)CCCCCCC4)cc3)c3ccc4c(c3)oc3ccccc34)ccc21. The predicted molar refractivity (Wildman–Crippen MR) is 206 cm³/mol. The molecule has 0 spiro atoms. The van der Waals surface area contributed by atoms with Crippen LogP contribution < -0.4 is 4.90 Å². The molecule has 1 fully saturated rings. The molecule has 1 saturated carbocycles. The maximum atomic E-state index is 6.42. The van der Waals surface area contributed by atoms with Crippen LogP contribution >= 0.6 is 0 Å². The highest BCUT2D eigenvalue weighted by Crippen LogP contribution is 2.51. The van der Waals surface area contributed by atoms with Crippen LogP contribution in [-0.2, 0) is 10.8 Å². The number of fused-ring (bicyclic) bond motifs is 6. The lowest BCUT2D eigenvalue weighted by atomic mass is 9.67. The quantitative estimate of drug-likeness (QED) is 0.187. The molecule has 0 bridgehead atoms. The maximum Gasteiger partial charge on any atom is 0.137 e. The topological polar surface area (TPSA) is 16.4 Å². The van der Waals surface area contributed by atoms with Crippen LogP contribution in [0.15, 0.2) is 144 Å². The first-order chi connectivity index (χ1) is 24.0. The molecule has 0 saturated heterocycles. The highest BCUT2D eigenvalue weighted by atomic mass is 16.3. The van der Waals surface area contributed by atoms with Gasteiger partial charge in [-0.1, -0.05) is 137 Å². The minimum absolute atomic E-state index is 0.0343. The Kier molecular flexibility index (Phi) is 7.23. The molecule has 2 aliphatic rings. The van der Waals surface area contributed by atoms with E-state index in [1.807, 2.05) is 6.07 Å². The van der Waals surface area contributed by atoms with E-state index in [1.54, 1.807) is 0 Å². The molecular formula is C47H43NO. The molecule has 0 radical (unpaired) electrons. The average Bonchev–Trinajstić information content (AvgIpc) is 3.61. The summed E-state index contributed by atoms with van der Waals surface area (Å²) < 4.78 is 6.42. The Hall–Kier alpha value is -5.08. The van der Waals surface area contributed by atoms with Gasteiger partial charge >= 0.3 is 0 Å². The number of hydrogen-bond acceptors (Lipinski definition) is 2. The summed E-state index contributed by atoms with van der Waals surface area (Å²) in [6.45, 7) is 4.70. The van der Waals surface area contributed by atoms with E-state index >= 15 is 0 Å². The number of hydrogen-bond donors (Lipinski definition) is 0. The first kappa shape index (κ1) is 30.0. The molecule has 2 nitrogen and oxygen atoms in total. The summed E-state index contributed by atoms with van der Waals surface area (Å²) >= 11 is 0. The number of nitrogens with zero attached hydrogens (tertiary/aromatic N) is 1. The van der Waals surface area contributed by atoms with E-state index in [1.165, 1.54) is 78.3 Å². The van der Waals surface area contributed by atoms with Crippen molar-refractivity contribution in [2.45, 2.75) is 69.6 Å². The maximum absolute atomic E-state index is 6.42. The number of rotatable bonds is 5. The molecule has 49 heavy (non-hydrogen) atoms. The second kappa shape index (κ2) is 11.8. The fourth-order valence-corrected chi connectivity index (χ4v) is 9.09. The predicted octanol–water partition coefficient (Wildman–Crippen LogP) is 13.4. The summed E-state index contributed by atoms with van der Waals surface area (Å²) in [5.41, 5.74) is 13.6. The van der Waals surface area contributed by atoms with Gasteiger partial charge in [0.2, 0.25) is 0 Å². The van der Waals surface area contributed by atoms with Crippen molar-refractivity contribution in [3.63, 3.8) is 0 Å². The summed E-state index contributed by atoms with van der Waals surface area (Å²) in [5, 5.41) is 2.30. The summed E-state index contributed by atoms with van der Waals surface area (Å²) in [4.78, 5) is 2.41. The van der Waals surface area contributed by atoms with Crippen LogP contribution in [0.3, 0.4) is 0 Å². The van der Waals surface area contributed by atoms with Gasteiger partial charge in [0.15, 0.2) is 0 Å². The van der Waals surface area contributed by atoms with Gasteiger partial charge in [0.1, 0.15) is 11.2 Å². The Bertz CT molecular complexity index is 2280. The van der Waals surface area contributed by atoms with E-state index in [0.29, 0.717) is 0 Å². The highest BCUT2D eigenvalue weighted by molar-refractivity contribution is 6.06. The smallest absolute Gasteiger partial charge is 0.137 e. The number of benzene rings is 6. The van der Waals surface area contributed by atoms with Gasteiger partial charge in [-0.25, -0.2) is 0 Å². The second-order valence-electron chi connectivity index (χ2n) is 14.8. The molecule has 242 valence electrons. The van der Waals surface area contributed by atoms with Crippen LogP contribution in [0.25, 0.3) is 33.1 Å². The summed E-state index contributed by atoms with van der Waals surface area (Å²) in [6.07, 6.45) is 8.94. The molecule has 0 unspecified atom stereocenters. The van der Waals surface area contributed by atoms with Gasteiger partial charge in [0, 0.05) is 44.7 Å². The van der Waals surface area contributed by atoms with Crippen molar-refractivity contribution in [3.05, 3.63) is 162 Å². The fourth-order valence-electron chi connectivity index (χ4n) is 9.09. The van der Waals surface area contributed by atoms with Crippen LogP contribution in [0.1, 0.15) is 81.0 Å². The van der Waals surface area contributed by atoms with Crippen molar-refractivity contribution in [1.29, 1.82) is 0 Å². The molecule has 0 N–H and O–H groups in total. The second-order valence-corrected chi connectivity index (χ2v) is 14.8. The third-order valence-electron chi connectivity index (χ3n) is 11.7. The van der Waals surface area contributed by atoms with Gasteiger partial charge in [0.05, 0.1) is 0 Å². The molecule has 0 atom stereocenters. The summed E-state index contributed by atoms with van der Waals surface area (Å²) in [6, 6.07) is 51.8. The number of furan rings is 1. The molecule has 0 aliphatic heterocycles. The van der Waals surface area contributed by atoms with E-state index in [2.05, 4.69) is 152 Å². The van der Waals surface area contributed by atoms with Crippen molar-refractivity contribution in [3.8, 4) is 11.1 Å². The van der Waals surface area contributed by atoms with Crippen molar-refractivity contribution in [2.24, 2.45) is 0 Å². The lowest BCUT2D eigenvalue weighted by molar-refractivity contribution is 0.366. The van der Waals surface area contributed by atoms with Crippen molar-refractivity contribution >= 4 is 39.0 Å². The van der Waals surface area contributed by atoms with Gasteiger partial charge in [0.25, 0.3) is 0 Å². The molecule has 1 aromatic heterocycles. The van der Waals surface area contributed by atoms with E-state index in [9.17, 15) is 0 Å². The van der Waals surface area contributed by atoms with Gasteiger partial charge in [-0.3, -0.25) is 0 Å². The Morgan fingerprint density at radius 1 is 0.469 bits per heavy atom. The van der Waals surface area contributed by atoms with E-state index in [4.69, 9.17) is 4.42 Å². The third kappa shape index (κ3) is 4.92. The average molecular weight is 638 g/mol. The Labute approximate surface area is 290 Å². The molecule has 1 heterocycles. The Morgan fingerprint density at radius 2 is 1.06 bits per heavy atom. The Balaban J connectivity index is 1.20. The minimum Gasteiger partial charge on any atom is -0.456 e. The van der Waals surface area contributed by atoms with Crippen LogP contribution in [0.2, 0.25) is 0 Å². The van der Waals surface area contributed by atoms with E-state index in [0.717, 1.165) is 39.0 Å². The lowest BCUT2D eigenvalue weighted by Gasteiger charge is -2.37. The molecule has 2 heteroatoms. The molecule has 2 aliphatic carbocycles. The van der Waals surface area contributed by atoms with Gasteiger partial charge < -0.3 is 9.32 Å². The van der Waals surface area contributed by atoms with Crippen molar-refractivity contribution in [1.82, 2.24) is 0 Å². The molecular weight excluding hydrogens is 595 g/mol. The van der Waals surface area contributed by atoms with Crippen molar-refractivity contribution in [2.75, 3.05) is 4.90 Å². The monoisotopic (exact) mass is 637 g/mol. The molecule has 9 rings (SSSR count). The highest BCUT2D eigenvalue weighted by Gasteiger charge is 2.36. The van der Waals surface area contributed by atoms with Gasteiger partial charge in [-0.05, 0) is 88.7 Å². The normalized spacial score (nSPS) is 16.5. The summed E-state index contributed by atoms with van der Waals surface area (Å²) in [7, 11) is 0. The fraction of sp³-hybridized carbons (Fsp3) is 0.234. The first-order valence-electron chi connectivity index (χ1n) is 18.1. The lowest BCUT2D eigenvalue weighted by Crippen LogP contribution is -2.29. The van der Waals surface area contributed by atoms with Crippen LogP contribution in [-0.4, -0.2) is 0 Å². The van der Waals surface area contributed by atoms with Crippen LogP contribution in [0.5, 0.6) is 0 Å². The third-order valence-corrected chi connectivity index (χ3v) is 11.7. The van der Waals surface area contributed by atoms with Crippen molar-refractivity contribution < 1.29 is 4.42 Å². The molecule has 7 aromatic rings. The first-order valence-corrected chi connectivity index (χ1v) is 18.1. The number of anilines is 3. The zero-order valence-electron chi connectivity index (χ0n) is 28.6.